The minimum absolute atomic E-state index is 0.324. The van der Waals surface area contributed by atoms with E-state index in [1.54, 1.807) is 7.11 Å². The van der Waals surface area contributed by atoms with E-state index in [2.05, 4.69) is 10.3 Å². The van der Waals surface area contributed by atoms with Crippen molar-refractivity contribution < 1.29 is 4.74 Å². The molecule has 1 aliphatic rings. The van der Waals surface area contributed by atoms with E-state index in [-0.39, 0.29) is 0 Å². The van der Waals surface area contributed by atoms with Crippen LogP contribution < -0.4 is 15.8 Å². The average Bonchev–Trinajstić information content (AvgIpc) is 2.89. The highest BCUT2D eigenvalue weighted by Gasteiger charge is 2.23. The molecular weight excluding hydrogens is 250 g/mol. The molecule has 4 nitrogen and oxygen atoms in total. The molecule has 1 aromatic carbocycles. The number of pyridine rings is 1. The van der Waals surface area contributed by atoms with Crippen LogP contribution in [0.4, 0.5) is 5.82 Å². The minimum atomic E-state index is 0.324. The first-order valence-corrected chi connectivity index (χ1v) is 7.21. The summed E-state index contributed by atoms with van der Waals surface area (Å²) in [5.41, 5.74) is 7.05. The number of methoxy groups -OCH3 is 1. The average molecular weight is 271 g/mol. The molecule has 0 bridgehead atoms. The molecule has 3 rings (SSSR count). The van der Waals surface area contributed by atoms with Crippen molar-refractivity contribution in [2.24, 2.45) is 11.7 Å². The Bertz CT molecular complexity index is 599. The van der Waals surface area contributed by atoms with E-state index in [4.69, 9.17) is 10.5 Å². The first kappa shape index (κ1) is 13.2. The number of nitrogens with two attached hydrogens (primary N) is 1. The lowest BCUT2D eigenvalue weighted by atomic mass is 10.0. The number of hydrogen-bond acceptors (Lipinski definition) is 4. The second-order valence-electron chi connectivity index (χ2n) is 5.46. The molecule has 106 valence electrons. The van der Waals surface area contributed by atoms with E-state index in [1.165, 1.54) is 12.8 Å². The monoisotopic (exact) mass is 271 g/mol. The van der Waals surface area contributed by atoms with Gasteiger partial charge in [-0.3, -0.25) is 0 Å². The third kappa shape index (κ3) is 2.56. The molecule has 0 spiro atoms. The molecule has 1 saturated carbocycles. The zero-order valence-electron chi connectivity index (χ0n) is 11.8. The minimum Gasteiger partial charge on any atom is -0.496 e. The Morgan fingerprint density at radius 1 is 1.35 bits per heavy atom. The molecule has 2 atom stereocenters. The lowest BCUT2D eigenvalue weighted by Crippen LogP contribution is -2.29. The van der Waals surface area contributed by atoms with Gasteiger partial charge in [-0.15, -0.1) is 0 Å². The van der Waals surface area contributed by atoms with Gasteiger partial charge in [-0.05, 0) is 30.9 Å². The van der Waals surface area contributed by atoms with E-state index in [0.29, 0.717) is 12.0 Å². The molecule has 1 aliphatic carbocycles. The molecule has 4 heteroatoms. The Hall–Kier alpha value is -1.81. The van der Waals surface area contributed by atoms with Gasteiger partial charge in [-0.25, -0.2) is 4.98 Å². The maximum absolute atomic E-state index is 6.10. The standard InChI is InChI=1S/C16H21N3O/c1-20-15-9-16(18-10-11-5-4-7-13(11)17)19-14-8-3-2-6-12(14)15/h2-3,6,8-9,11,13H,4-5,7,10,17H2,1H3,(H,18,19). The van der Waals surface area contributed by atoms with Gasteiger partial charge in [0.15, 0.2) is 0 Å². The van der Waals surface area contributed by atoms with E-state index < -0.39 is 0 Å². The molecule has 0 saturated heterocycles. The Balaban J connectivity index is 1.81. The topological polar surface area (TPSA) is 60.2 Å². The zero-order valence-corrected chi connectivity index (χ0v) is 11.8. The summed E-state index contributed by atoms with van der Waals surface area (Å²) in [4.78, 5) is 4.64. The number of para-hydroxylation sites is 1. The van der Waals surface area contributed by atoms with Gasteiger partial charge >= 0.3 is 0 Å². The summed E-state index contributed by atoms with van der Waals surface area (Å²) < 4.78 is 5.46. The summed E-state index contributed by atoms with van der Waals surface area (Å²) in [6.07, 6.45) is 3.59. The highest BCUT2D eigenvalue weighted by Crippen LogP contribution is 2.28. The predicted molar refractivity (Wildman–Crippen MR) is 82.1 cm³/mol. The third-order valence-corrected chi connectivity index (χ3v) is 4.16. The number of aromatic nitrogens is 1. The lowest BCUT2D eigenvalue weighted by Gasteiger charge is -2.17. The molecule has 0 amide bonds. The van der Waals surface area contributed by atoms with Crippen LogP contribution in [-0.4, -0.2) is 24.7 Å². The van der Waals surface area contributed by atoms with Crippen molar-refractivity contribution in [3.63, 3.8) is 0 Å². The van der Waals surface area contributed by atoms with Gasteiger partial charge in [0, 0.05) is 24.0 Å². The summed E-state index contributed by atoms with van der Waals surface area (Å²) >= 11 is 0. The van der Waals surface area contributed by atoms with E-state index >= 15 is 0 Å². The molecule has 2 aromatic rings. The molecule has 1 fully saturated rings. The van der Waals surface area contributed by atoms with Crippen LogP contribution in [-0.2, 0) is 0 Å². The highest BCUT2D eigenvalue weighted by molar-refractivity contribution is 5.86. The molecule has 1 heterocycles. The van der Waals surface area contributed by atoms with Crippen molar-refractivity contribution in [3.05, 3.63) is 30.3 Å². The number of nitrogens with zero attached hydrogens (tertiary/aromatic N) is 1. The number of nitrogens with one attached hydrogen (secondary N) is 1. The number of rotatable bonds is 4. The van der Waals surface area contributed by atoms with Crippen LogP contribution in [0.15, 0.2) is 30.3 Å². The van der Waals surface area contributed by atoms with Gasteiger partial charge in [-0.2, -0.15) is 0 Å². The summed E-state index contributed by atoms with van der Waals surface area (Å²) in [5, 5.41) is 4.45. The van der Waals surface area contributed by atoms with Crippen LogP contribution in [0.3, 0.4) is 0 Å². The van der Waals surface area contributed by atoms with Crippen LogP contribution >= 0.6 is 0 Å². The molecular formula is C16H21N3O. The van der Waals surface area contributed by atoms with E-state index in [0.717, 1.165) is 35.4 Å². The van der Waals surface area contributed by atoms with Crippen LogP contribution in [0.1, 0.15) is 19.3 Å². The lowest BCUT2D eigenvalue weighted by molar-refractivity contribution is 0.419. The van der Waals surface area contributed by atoms with Gasteiger partial charge in [0.2, 0.25) is 0 Å². The Morgan fingerprint density at radius 3 is 2.95 bits per heavy atom. The Morgan fingerprint density at radius 2 is 2.20 bits per heavy atom. The number of fused-ring (bicyclic) bond motifs is 1. The molecule has 0 radical (unpaired) electrons. The fraction of sp³-hybridized carbons (Fsp3) is 0.438. The van der Waals surface area contributed by atoms with Crippen molar-refractivity contribution in [1.29, 1.82) is 0 Å². The molecule has 1 aromatic heterocycles. The van der Waals surface area contributed by atoms with Gasteiger partial charge in [0.25, 0.3) is 0 Å². The summed E-state index contributed by atoms with van der Waals surface area (Å²) in [7, 11) is 1.69. The van der Waals surface area contributed by atoms with Crippen molar-refractivity contribution in [2.45, 2.75) is 25.3 Å². The largest absolute Gasteiger partial charge is 0.496 e. The SMILES string of the molecule is COc1cc(NCC2CCCC2N)nc2ccccc12. The van der Waals surface area contributed by atoms with Gasteiger partial charge < -0.3 is 15.8 Å². The van der Waals surface area contributed by atoms with Gasteiger partial charge in [0.05, 0.1) is 12.6 Å². The molecule has 0 aliphatic heterocycles. The Kier molecular flexibility index (Phi) is 3.74. The zero-order chi connectivity index (χ0) is 13.9. The van der Waals surface area contributed by atoms with Crippen molar-refractivity contribution in [1.82, 2.24) is 4.98 Å². The second-order valence-corrected chi connectivity index (χ2v) is 5.46. The van der Waals surface area contributed by atoms with Crippen molar-refractivity contribution in [3.8, 4) is 5.75 Å². The van der Waals surface area contributed by atoms with Crippen molar-refractivity contribution >= 4 is 16.7 Å². The normalized spacial score (nSPS) is 22.1. The third-order valence-electron chi connectivity index (χ3n) is 4.16. The second kappa shape index (κ2) is 5.67. The van der Waals surface area contributed by atoms with Gasteiger partial charge in [0.1, 0.15) is 11.6 Å². The van der Waals surface area contributed by atoms with Crippen LogP contribution in [0.2, 0.25) is 0 Å². The summed E-state index contributed by atoms with van der Waals surface area (Å²) in [5.74, 6) is 2.27. The van der Waals surface area contributed by atoms with E-state index in [1.807, 2.05) is 30.3 Å². The highest BCUT2D eigenvalue weighted by atomic mass is 16.5. The quantitative estimate of drug-likeness (QED) is 0.897. The molecule has 20 heavy (non-hydrogen) atoms. The van der Waals surface area contributed by atoms with Gasteiger partial charge in [-0.1, -0.05) is 18.6 Å². The van der Waals surface area contributed by atoms with Crippen LogP contribution in [0, 0.1) is 5.92 Å². The molecule has 2 unspecified atom stereocenters. The fourth-order valence-corrected chi connectivity index (χ4v) is 2.96. The first-order valence-electron chi connectivity index (χ1n) is 7.21. The number of hydrogen-bond donors (Lipinski definition) is 2. The summed E-state index contributed by atoms with van der Waals surface area (Å²) in [6, 6.07) is 10.3. The van der Waals surface area contributed by atoms with Crippen LogP contribution in [0.25, 0.3) is 10.9 Å². The first-order chi connectivity index (χ1) is 9.78. The smallest absolute Gasteiger partial charge is 0.131 e. The number of benzene rings is 1. The maximum atomic E-state index is 6.10. The van der Waals surface area contributed by atoms with Crippen LogP contribution in [0.5, 0.6) is 5.75 Å². The summed E-state index contributed by atoms with van der Waals surface area (Å²) in [6.45, 7) is 0.885. The fourth-order valence-electron chi connectivity index (χ4n) is 2.96. The van der Waals surface area contributed by atoms with E-state index in [9.17, 15) is 0 Å². The number of anilines is 1. The van der Waals surface area contributed by atoms with Crippen molar-refractivity contribution in [2.75, 3.05) is 19.0 Å². The molecule has 3 N–H and O–H groups in total. The maximum Gasteiger partial charge on any atom is 0.131 e. The Labute approximate surface area is 119 Å². The number of ether oxygens (including phenoxy) is 1. The predicted octanol–water partition coefficient (Wildman–Crippen LogP) is 2.78.